The number of ketones is 1. The van der Waals surface area contributed by atoms with E-state index < -0.39 is 5.95 Å². The van der Waals surface area contributed by atoms with Crippen LogP contribution in [0.4, 0.5) is 4.39 Å². The Hall–Kier alpha value is -1.02. The second kappa shape index (κ2) is 4.67. The second-order valence-electron chi connectivity index (χ2n) is 3.27. The summed E-state index contributed by atoms with van der Waals surface area (Å²) in [5, 5.41) is 0. The highest BCUT2D eigenvalue weighted by Crippen LogP contribution is 2.25. The van der Waals surface area contributed by atoms with Gasteiger partial charge in [0.15, 0.2) is 5.78 Å². The maximum absolute atomic E-state index is 13.4. The molecule has 0 N–H and O–H groups in total. The summed E-state index contributed by atoms with van der Waals surface area (Å²) in [5.41, 5.74) is 0.864. The second-order valence-corrected chi connectivity index (χ2v) is 3.27. The Kier molecular flexibility index (Phi) is 3.75. The van der Waals surface area contributed by atoms with Crippen LogP contribution in [0.15, 0.2) is 6.07 Å². The third kappa shape index (κ3) is 2.15. The van der Waals surface area contributed by atoms with Crippen molar-refractivity contribution >= 4 is 15.7 Å². The van der Waals surface area contributed by atoms with Gasteiger partial charge >= 0.3 is 0 Å². The topological polar surface area (TPSA) is 39.2 Å². The molecule has 0 radical (unpaired) electrons. The van der Waals surface area contributed by atoms with E-state index in [1.54, 1.807) is 6.07 Å². The van der Waals surface area contributed by atoms with E-state index in [0.717, 1.165) is 12.8 Å². The molecule has 2 rings (SSSR count). The minimum absolute atomic E-state index is 0. The summed E-state index contributed by atoms with van der Waals surface area (Å²) in [4.78, 5) is 14.9. The summed E-state index contributed by atoms with van der Waals surface area (Å²) in [7, 11) is 1.43. The lowest BCUT2D eigenvalue weighted by atomic mass is 9.92. The van der Waals surface area contributed by atoms with Crippen molar-refractivity contribution in [2.24, 2.45) is 0 Å². The average Bonchev–Trinajstić information content (AvgIpc) is 2.17. The van der Waals surface area contributed by atoms with Crippen molar-refractivity contribution in [3.8, 4) is 5.88 Å². The lowest BCUT2D eigenvalue weighted by molar-refractivity contribution is 0.0967. The van der Waals surface area contributed by atoms with Gasteiger partial charge < -0.3 is 4.74 Å². The quantitative estimate of drug-likeness (QED) is 0.544. The van der Waals surface area contributed by atoms with Crippen LogP contribution in [-0.4, -0.2) is 17.9 Å². The highest BCUT2D eigenvalue weighted by atomic mass is 31.0. The van der Waals surface area contributed by atoms with Crippen LogP contribution in [0.2, 0.25) is 0 Å². The van der Waals surface area contributed by atoms with Gasteiger partial charge in [-0.2, -0.15) is 19.3 Å². The van der Waals surface area contributed by atoms with Gasteiger partial charge in [0.05, 0.1) is 12.7 Å². The molecule has 0 saturated carbocycles. The summed E-state index contributed by atoms with van der Waals surface area (Å²) in [6, 6.07) is 1.63. The molecule has 1 unspecified atom stereocenters. The molecule has 1 atom stereocenters. The molecule has 82 valence electrons. The van der Waals surface area contributed by atoms with Gasteiger partial charge in [0.1, 0.15) is 0 Å². The summed E-state index contributed by atoms with van der Waals surface area (Å²) in [6.45, 7) is 0. The molecule has 15 heavy (non-hydrogen) atoms. The molecular weight excluding hydrogens is 216 g/mol. The van der Waals surface area contributed by atoms with Crippen LogP contribution >= 0.6 is 9.90 Å². The number of halogens is 1. The molecule has 1 heterocycles. The van der Waals surface area contributed by atoms with Crippen LogP contribution < -0.4 is 4.74 Å². The summed E-state index contributed by atoms with van der Waals surface area (Å²) < 4.78 is 18.2. The zero-order valence-electron chi connectivity index (χ0n) is 8.55. The van der Waals surface area contributed by atoms with Crippen molar-refractivity contribution in [1.29, 1.82) is 0 Å². The zero-order chi connectivity index (χ0) is 10.1. The lowest BCUT2D eigenvalue weighted by Crippen LogP contribution is -2.14. The Bertz CT molecular complexity index is 395. The number of aromatic nitrogens is 1. The first-order valence-electron chi connectivity index (χ1n) is 4.49. The van der Waals surface area contributed by atoms with E-state index in [1.165, 1.54) is 7.11 Å². The van der Waals surface area contributed by atoms with Gasteiger partial charge in [0.2, 0.25) is 11.8 Å². The molecule has 1 aromatic heterocycles. The highest BCUT2D eigenvalue weighted by Gasteiger charge is 2.23. The number of rotatable bonds is 1. The maximum atomic E-state index is 13.4. The van der Waals surface area contributed by atoms with Gasteiger partial charge in [0, 0.05) is 12.5 Å². The average molecular weight is 229 g/mol. The van der Waals surface area contributed by atoms with E-state index in [9.17, 15) is 9.18 Å². The molecule has 5 heteroatoms. The number of Topliss-reactive ketones (excluding diaryl/α,β-unsaturated/α-hetero) is 1. The minimum Gasteiger partial charge on any atom is -0.481 e. The highest BCUT2D eigenvalue weighted by molar-refractivity contribution is 6.92. The number of methoxy groups -OCH3 is 1. The standard InChI is InChI=1S/C10H10FNO2.H3P/c1-14-8-5-6-3-2-4-7(13)9(6)10(11)12-8;/h5H,2-4H2,1H3;1H3. The Morgan fingerprint density at radius 1 is 1.47 bits per heavy atom. The van der Waals surface area contributed by atoms with Gasteiger partial charge in [-0.1, -0.05) is 0 Å². The number of aryl methyl sites for hydroxylation is 1. The summed E-state index contributed by atoms with van der Waals surface area (Å²) in [6.07, 6.45) is 1.91. The monoisotopic (exact) mass is 229 g/mol. The van der Waals surface area contributed by atoms with Crippen molar-refractivity contribution in [2.75, 3.05) is 7.11 Å². The fourth-order valence-corrected chi connectivity index (χ4v) is 1.70. The van der Waals surface area contributed by atoms with Crippen molar-refractivity contribution in [1.82, 2.24) is 4.98 Å². The number of fused-ring (bicyclic) bond motifs is 1. The van der Waals surface area contributed by atoms with E-state index in [1.807, 2.05) is 0 Å². The van der Waals surface area contributed by atoms with Crippen LogP contribution in [0.25, 0.3) is 0 Å². The van der Waals surface area contributed by atoms with Crippen LogP contribution in [0.1, 0.15) is 28.8 Å². The van der Waals surface area contributed by atoms with Gasteiger partial charge in [0.25, 0.3) is 0 Å². The largest absolute Gasteiger partial charge is 0.481 e. The zero-order valence-corrected chi connectivity index (χ0v) is 9.96. The van der Waals surface area contributed by atoms with Crippen LogP contribution in [0, 0.1) is 5.95 Å². The van der Waals surface area contributed by atoms with Gasteiger partial charge in [-0.3, -0.25) is 4.79 Å². The molecule has 0 aromatic carbocycles. The number of hydrogen-bond acceptors (Lipinski definition) is 3. The SMILES string of the molecule is COc1cc2c(c(F)n1)C(=O)CCC2.P. The molecule has 1 aliphatic rings. The third-order valence-electron chi connectivity index (χ3n) is 2.37. The van der Waals surface area contributed by atoms with E-state index in [2.05, 4.69) is 4.98 Å². The van der Waals surface area contributed by atoms with Crippen molar-refractivity contribution in [2.45, 2.75) is 19.3 Å². The summed E-state index contributed by atoms with van der Waals surface area (Å²) in [5.74, 6) is -0.626. The van der Waals surface area contributed by atoms with Crippen LogP contribution in [0.5, 0.6) is 5.88 Å². The van der Waals surface area contributed by atoms with E-state index in [-0.39, 0.29) is 27.1 Å². The van der Waals surface area contributed by atoms with Crippen molar-refractivity contribution in [3.05, 3.63) is 23.1 Å². The third-order valence-corrected chi connectivity index (χ3v) is 2.37. The van der Waals surface area contributed by atoms with Gasteiger partial charge in [-0.05, 0) is 18.4 Å². The smallest absolute Gasteiger partial charge is 0.227 e. The number of ether oxygens (including phenoxy) is 1. The predicted octanol–water partition coefficient (Wildman–Crippen LogP) is 1.81. The Morgan fingerprint density at radius 3 is 2.87 bits per heavy atom. The van der Waals surface area contributed by atoms with Crippen LogP contribution in [0.3, 0.4) is 0 Å². The predicted molar refractivity (Wildman–Crippen MR) is 59.1 cm³/mol. The molecule has 0 spiro atoms. The van der Waals surface area contributed by atoms with Crippen molar-refractivity contribution < 1.29 is 13.9 Å². The fraction of sp³-hybridized carbons (Fsp3) is 0.400. The molecule has 0 fully saturated rings. The first-order valence-corrected chi connectivity index (χ1v) is 4.49. The first-order chi connectivity index (χ1) is 6.72. The number of hydrogen-bond donors (Lipinski definition) is 0. The molecule has 0 aliphatic heterocycles. The number of nitrogens with zero attached hydrogens (tertiary/aromatic N) is 1. The molecular formula is C10H13FNO2P. The molecule has 0 amide bonds. The van der Waals surface area contributed by atoms with Crippen LogP contribution in [-0.2, 0) is 6.42 Å². The van der Waals surface area contributed by atoms with E-state index >= 15 is 0 Å². The maximum Gasteiger partial charge on any atom is 0.227 e. The minimum atomic E-state index is -0.705. The van der Waals surface area contributed by atoms with Crippen molar-refractivity contribution in [3.63, 3.8) is 0 Å². The molecule has 3 nitrogen and oxygen atoms in total. The lowest BCUT2D eigenvalue weighted by Gasteiger charge is -2.15. The van der Waals surface area contributed by atoms with E-state index in [4.69, 9.17) is 4.74 Å². The van der Waals surface area contributed by atoms with E-state index in [0.29, 0.717) is 12.0 Å². The Labute approximate surface area is 90.7 Å². The molecule has 0 bridgehead atoms. The first kappa shape index (κ1) is 12.1. The normalized spacial score (nSPS) is 14.1. The van der Waals surface area contributed by atoms with Gasteiger partial charge in [-0.25, -0.2) is 0 Å². The Balaban J connectivity index is 0.00000112. The van der Waals surface area contributed by atoms with Gasteiger partial charge in [-0.15, -0.1) is 0 Å². The number of carbonyl (C=O) groups is 1. The molecule has 0 saturated heterocycles. The summed E-state index contributed by atoms with van der Waals surface area (Å²) >= 11 is 0. The number of pyridine rings is 1. The number of carbonyl (C=O) groups excluding carboxylic acids is 1. The molecule has 1 aliphatic carbocycles. The Morgan fingerprint density at radius 2 is 2.20 bits per heavy atom. The molecule has 1 aromatic rings. The fourth-order valence-electron chi connectivity index (χ4n) is 1.70.